The van der Waals surface area contributed by atoms with Crippen LogP contribution in [0.15, 0.2) is 29.4 Å². The maximum Gasteiger partial charge on any atom is 0.166 e. The lowest BCUT2D eigenvalue weighted by molar-refractivity contribution is 0.450. The van der Waals surface area contributed by atoms with Crippen molar-refractivity contribution in [2.24, 2.45) is 5.73 Å². The lowest BCUT2D eigenvalue weighted by atomic mass is 9.96. The van der Waals surface area contributed by atoms with Crippen molar-refractivity contribution in [3.05, 3.63) is 24.3 Å². The second-order valence-electron chi connectivity index (χ2n) is 4.71. The molecule has 0 aliphatic heterocycles. The van der Waals surface area contributed by atoms with E-state index in [0.29, 0.717) is 11.3 Å². The summed E-state index contributed by atoms with van der Waals surface area (Å²) in [4.78, 5) is 7.98. The number of rotatable bonds is 2. The molecular formula is C13H19Cl2N3S. The Morgan fingerprint density at radius 2 is 1.79 bits per heavy atom. The van der Waals surface area contributed by atoms with E-state index in [0.717, 1.165) is 29.0 Å². The van der Waals surface area contributed by atoms with Gasteiger partial charge in [0.05, 0.1) is 11.0 Å². The van der Waals surface area contributed by atoms with Gasteiger partial charge in [-0.15, -0.1) is 24.8 Å². The van der Waals surface area contributed by atoms with Gasteiger partial charge in [0.1, 0.15) is 0 Å². The van der Waals surface area contributed by atoms with E-state index >= 15 is 0 Å². The van der Waals surface area contributed by atoms with Crippen molar-refractivity contribution in [1.82, 2.24) is 9.97 Å². The van der Waals surface area contributed by atoms with Gasteiger partial charge < -0.3 is 10.7 Å². The van der Waals surface area contributed by atoms with Gasteiger partial charge in [-0.05, 0) is 37.8 Å². The molecule has 1 fully saturated rings. The SMILES string of the molecule is Cl.Cl.NC1CCC(Sc2nc3ccccc3[nH]2)CC1. The molecule has 0 saturated heterocycles. The summed E-state index contributed by atoms with van der Waals surface area (Å²) in [6.07, 6.45) is 4.72. The fourth-order valence-electron chi connectivity index (χ4n) is 2.35. The Morgan fingerprint density at radius 3 is 2.47 bits per heavy atom. The molecule has 1 aromatic carbocycles. The molecular weight excluding hydrogens is 301 g/mol. The van der Waals surface area contributed by atoms with Crippen LogP contribution >= 0.6 is 36.6 Å². The Hall–Kier alpha value is -0.420. The molecule has 1 aliphatic rings. The summed E-state index contributed by atoms with van der Waals surface area (Å²) >= 11 is 1.87. The van der Waals surface area contributed by atoms with Crippen molar-refractivity contribution >= 4 is 47.6 Å². The maximum absolute atomic E-state index is 5.92. The number of nitrogens with one attached hydrogen (secondary N) is 1. The molecule has 2 aromatic rings. The smallest absolute Gasteiger partial charge is 0.166 e. The molecule has 0 bridgehead atoms. The number of halogens is 2. The molecule has 0 unspecified atom stereocenters. The maximum atomic E-state index is 5.92. The molecule has 106 valence electrons. The zero-order valence-corrected chi connectivity index (χ0v) is 13.0. The standard InChI is InChI=1S/C13H17N3S.2ClH/c14-9-5-7-10(8-6-9)17-13-15-11-3-1-2-4-12(11)16-13;;/h1-4,9-10H,5-8,14H2,(H,15,16);2*1H. The highest BCUT2D eigenvalue weighted by Crippen LogP contribution is 2.32. The third-order valence-electron chi connectivity index (χ3n) is 3.36. The van der Waals surface area contributed by atoms with Crippen molar-refractivity contribution < 1.29 is 0 Å². The van der Waals surface area contributed by atoms with Gasteiger partial charge in [0.2, 0.25) is 0 Å². The Balaban J connectivity index is 0.000000902. The lowest BCUT2D eigenvalue weighted by Gasteiger charge is -2.24. The average molecular weight is 320 g/mol. The van der Waals surface area contributed by atoms with Gasteiger partial charge in [-0.1, -0.05) is 23.9 Å². The number of aromatic amines is 1. The van der Waals surface area contributed by atoms with E-state index in [1.54, 1.807) is 0 Å². The number of hydrogen-bond donors (Lipinski definition) is 2. The van der Waals surface area contributed by atoms with Gasteiger partial charge in [-0.2, -0.15) is 0 Å². The van der Waals surface area contributed by atoms with Crippen LogP contribution in [0.2, 0.25) is 0 Å². The summed E-state index contributed by atoms with van der Waals surface area (Å²) in [5.41, 5.74) is 8.10. The Labute approximate surface area is 129 Å². The zero-order chi connectivity index (χ0) is 11.7. The Bertz CT molecular complexity index is 476. The van der Waals surface area contributed by atoms with E-state index in [4.69, 9.17) is 5.73 Å². The van der Waals surface area contributed by atoms with E-state index < -0.39 is 0 Å². The van der Waals surface area contributed by atoms with Gasteiger partial charge in [-0.25, -0.2) is 4.98 Å². The third kappa shape index (κ3) is 4.02. The van der Waals surface area contributed by atoms with Crippen molar-refractivity contribution in [1.29, 1.82) is 0 Å². The van der Waals surface area contributed by atoms with Gasteiger partial charge in [-0.3, -0.25) is 0 Å². The number of H-pyrrole nitrogens is 1. The first-order valence-electron chi connectivity index (χ1n) is 6.18. The summed E-state index contributed by atoms with van der Waals surface area (Å²) in [6, 6.07) is 8.60. The minimum absolute atomic E-state index is 0. The molecule has 3 nitrogen and oxygen atoms in total. The molecule has 3 rings (SSSR count). The zero-order valence-electron chi connectivity index (χ0n) is 10.5. The summed E-state index contributed by atoms with van der Waals surface area (Å²) in [7, 11) is 0. The van der Waals surface area contributed by atoms with Crippen LogP contribution in [0.1, 0.15) is 25.7 Å². The van der Waals surface area contributed by atoms with Crippen LogP contribution in [-0.4, -0.2) is 21.3 Å². The number of aromatic nitrogens is 2. The summed E-state index contributed by atoms with van der Waals surface area (Å²) < 4.78 is 0. The highest BCUT2D eigenvalue weighted by atomic mass is 35.5. The molecule has 1 aliphatic carbocycles. The van der Waals surface area contributed by atoms with Gasteiger partial charge in [0, 0.05) is 11.3 Å². The van der Waals surface area contributed by atoms with E-state index in [1.165, 1.54) is 12.8 Å². The first kappa shape index (κ1) is 16.6. The molecule has 0 atom stereocenters. The van der Waals surface area contributed by atoms with Crippen LogP contribution in [-0.2, 0) is 0 Å². The number of nitrogens with two attached hydrogens (primary N) is 1. The molecule has 3 N–H and O–H groups in total. The van der Waals surface area contributed by atoms with E-state index in [1.807, 2.05) is 30.0 Å². The summed E-state index contributed by atoms with van der Waals surface area (Å²) in [6.45, 7) is 0. The van der Waals surface area contributed by atoms with Crippen molar-refractivity contribution in [2.75, 3.05) is 0 Å². The average Bonchev–Trinajstić information content (AvgIpc) is 2.74. The van der Waals surface area contributed by atoms with E-state index in [2.05, 4.69) is 16.0 Å². The summed E-state index contributed by atoms with van der Waals surface area (Å²) in [5.74, 6) is 0. The number of hydrogen-bond acceptors (Lipinski definition) is 3. The number of thioether (sulfide) groups is 1. The normalized spacial score (nSPS) is 22.6. The molecule has 0 radical (unpaired) electrons. The third-order valence-corrected chi connectivity index (χ3v) is 4.59. The first-order chi connectivity index (χ1) is 8.31. The lowest BCUT2D eigenvalue weighted by Crippen LogP contribution is -2.27. The number of fused-ring (bicyclic) bond motifs is 1. The number of para-hydroxylation sites is 2. The van der Waals surface area contributed by atoms with Gasteiger partial charge >= 0.3 is 0 Å². The molecule has 6 heteroatoms. The predicted octanol–water partition coefficient (Wildman–Crippen LogP) is 3.77. The number of imidazole rings is 1. The van der Waals surface area contributed by atoms with Gasteiger partial charge in [0.25, 0.3) is 0 Å². The number of benzene rings is 1. The van der Waals surface area contributed by atoms with Gasteiger partial charge in [0.15, 0.2) is 5.16 Å². The van der Waals surface area contributed by atoms with Crippen molar-refractivity contribution in [3.63, 3.8) is 0 Å². The fraction of sp³-hybridized carbons (Fsp3) is 0.462. The van der Waals surface area contributed by atoms with Crippen LogP contribution in [0.25, 0.3) is 11.0 Å². The Morgan fingerprint density at radius 1 is 1.11 bits per heavy atom. The summed E-state index contributed by atoms with van der Waals surface area (Å²) in [5, 5.41) is 1.72. The minimum atomic E-state index is 0. The topological polar surface area (TPSA) is 54.7 Å². The molecule has 1 heterocycles. The van der Waals surface area contributed by atoms with E-state index in [-0.39, 0.29) is 24.8 Å². The fourth-order valence-corrected chi connectivity index (χ4v) is 3.49. The predicted molar refractivity (Wildman–Crippen MR) is 86.7 cm³/mol. The van der Waals surface area contributed by atoms with Crippen LogP contribution in [0.4, 0.5) is 0 Å². The van der Waals surface area contributed by atoms with Crippen LogP contribution in [0, 0.1) is 0 Å². The monoisotopic (exact) mass is 319 g/mol. The van der Waals surface area contributed by atoms with Crippen LogP contribution < -0.4 is 5.73 Å². The molecule has 1 saturated carbocycles. The highest BCUT2D eigenvalue weighted by Gasteiger charge is 2.20. The first-order valence-corrected chi connectivity index (χ1v) is 7.06. The molecule has 0 spiro atoms. The molecule has 19 heavy (non-hydrogen) atoms. The van der Waals surface area contributed by atoms with E-state index in [9.17, 15) is 0 Å². The van der Waals surface area contributed by atoms with Crippen molar-refractivity contribution in [3.8, 4) is 0 Å². The quantitative estimate of drug-likeness (QED) is 0.885. The highest BCUT2D eigenvalue weighted by molar-refractivity contribution is 7.99. The minimum Gasteiger partial charge on any atom is -0.333 e. The Kier molecular flexibility index (Phi) is 6.47. The molecule has 1 aromatic heterocycles. The molecule has 0 amide bonds. The second-order valence-corrected chi connectivity index (χ2v) is 6.00. The van der Waals surface area contributed by atoms with Crippen LogP contribution in [0.5, 0.6) is 0 Å². The second kappa shape index (κ2) is 7.39. The van der Waals surface area contributed by atoms with Crippen LogP contribution in [0.3, 0.4) is 0 Å². The largest absolute Gasteiger partial charge is 0.333 e. The number of nitrogens with zero attached hydrogens (tertiary/aromatic N) is 1. The van der Waals surface area contributed by atoms with Crippen molar-refractivity contribution in [2.45, 2.75) is 42.1 Å².